The summed E-state index contributed by atoms with van der Waals surface area (Å²) in [5, 5.41) is 3.84. The van der Waals surface area contributed by atoms with Gasteiger partial charge in [0, 0.05) is 12.7 Å². The van der Waals surface area contributed by atoms with E-state index in [0.717, 1.165) is 34.1 Å². The molecule has 3 aromatic rings. The molecule has 27 heavy (non-hydrogen) atoms. The standard InChI is InChI=1S/C17H16F3N3O2S2/c1-3-11-5-4-6-12(9-11)22-27(24,25)16-8-7-14(26-16)13-10-15(17(18,19)20)23(2)21-13/h4-10,22H,3H2,1-2H3. The summed E-state index contributed by atoms with van der Waals surface area (Å²) in [5.74, 6) is 0. The van der Waals surface area contributed by atoms with E-state index in [9.17, 15) is 21.6 Å². The number of anilines is 1. The summed E-state index contributed by atoms with van der Waals surface area (Å²) in [7, 11) is -2.65. The van der Waals surface area contributed by atoms with Crippen LogP contribution < -0.4 is 4.72 Å². The van der Waals surface area contributed by atoms with Gasteiger partial charge in [0.1, 0.15) is 15.6 Å². The van der Waals surface area contributed by atoms with Crippen LogP contribution in [0.3, 0.4) is 0 Å². The molecule has 3 rings (SSSR count). The lowest BCUT2D eigenvalue weighted by Gasteiger charge is -2.07. The monoisotopic (exact) mass is 415 g/mol. The minimum Gasteiger partial charge on any atom is -0.279 e. The molecule has 0 spiro atoms. The molecule has 144 valence electrons. The minimum absolute atomic E-state index is 0.00128. The number of hydrogen-bond acceptors (Lipinski definition) is 4. The van der Waals surface area contributed by atoms with E-state index in [0.29, 0.717) is 10.6 Å². The van der Waals surface area contributed by atoms with Crippen molar-refractivity contribution in [2.75, 3.05) is 4.72 Å². The first-order valence-corrected chi connectivity index (χ1v) is 10.2. The van der Waals surface area contributed by atoms with Crippen molar-refractivity contribution in [2.24, 2.45) is 7.05 Å². The average Bonchev–Trinajstić information content (AvgIpc) is 3.21. The van der Waals surface area contributed by atoms with Crippen LogP contribution >= 0.6 is 11.3 Å². The van der Waals surface area contributed by atoms with Crippen LogP contribution in [0.15, 0.2) is 46.7 Å². The quantitative estimate of drug-likeness (QED) is 0.666. The van der Waals surface area contributed by atoms with Gasteiger partial charge in [0.15, 0.2) is 0 Å². The molecule has 0 fully saturated rings. The Labute approximate surface area is 158 Å². The number of halogens is 3. The number of thiophene rings is 1. The van der Waals surface area contributed by atoms with Gasteiger partial charge < -0.3 is 0 Å². The van der Waals surface area contributed by atoms with E-state index >= 15 is 0 Å². The smallest absolute Gasteiger partial charge is 0.279 e. The number of benzene rings is 1. The van der Waals surface area contributed by atoms with Crippen LogP contribution in [0.4, 0.5) is 18.9 Å². The van der Waals surface area contributed by atoms with Gasteiger partial charge >= 0.3 is 6.18 Å². The summed E-state index contributed by atoms with van der Waals surface area (Å²) in [6, 6.07) is 10.7. The topological polar surface area (TPSA) is 64.0 Å². The number of nitrogens with one attached hydrogen (secondary N) is 1. The summed E-state index contributed by atoms with van der Waals surface area (Å²) < 4.78 is 67.1. The molecule has 2 heterocycles. The lowest BCUT2D eigenvalue weighted by atomic mass is 10.1. The average molecular weight is 415 g/mol. The van der Waals surface area contributed by atoms with Crippen molar-refractivity contribution in [3.8, 4) is 10.6 Å². The maximum atomic E-state index is 12.9. The number of hydrogen-bond donors (Lipinski definition) is 1. The third-order valence-electron chi connectivity index (χ3n) is 3.86. The normalized spacial score (nSPS) is 12.3. The molecule has 5 nitrogen and oxygen atoms in total. The number of nitrogens with zero attached hydrogens (tertiary/aromatic N) is 2. The number of aryl methyl sites for hydroxylation is 2. The van der Waals surface area contributed by atoms with Gasteiger partial charge in [-0.15, -0.1) is 11.3 Å². The predicted molar refractivity (Wildman–Crippen MR) is 98.2 cm³/mol. The Kier molecular flexibility index (Phi) is 5.04. The van der Waals surface area contributed by atoms with E-state index in [-0.39, 0.29) is 9.90 Å². The van der Waals surface area contributed by atoms with Gasteiger partial charge in [-0.2, -0.15) is 18.3 Å². The van der Waals surface area contributed by atoms with Crippen LogP contribution in [0.5, 0.6) is 0 Å². The molecule has 1 aromatic carbocycles. The number of alkyl halides is 3. The Balaban J connectivity index is 1.88. The summed E-state index contributed by atoms with van der Waals surface area (Å²) in [6.07, 6.45) is -3.77. The van der Waals surface area contributed by atoms with Crippen molar-refractivity contribution >= 4 is 27.0 Å². The summed E-state index contributed by atoms with van der Waals surface area (Å²) >= 11 is 0.861. The van der Waals surface area contributed by atoms with E-state index in [1.807, 2.05) is 13.0 Å². The maximum absolute atomic E-state index is 12.9. The zero-order valence-corrected chi connectivity index (χ0v) is 16.0. The van der Waals surface area contributed by atoms with Crippen molar-refractivity contribution in [3.05, 3.63) is 53.7 Å². The predicted octanol–water partition coefficient (Wildman–Crippen LogP) is 4.53. The van der Waals surface area contributed by atoms with Crippen LogP contribution in [0.25, 0.3) is 10.6 Å². The number of sulfonamides is 1. The van der Waals surface area contributed by atoms with E-state index in [1.54, 1.807) is 18.2 Å². The molecule has 10 heteroatoms. The van der Waals surface area contributed by atoms with Crippen molar-refractivity contribution in [2.45, 2.75) is 23.7 Å². The zero-order valence-electron chi connectivity index (χ0n) is 14.4. The van der Waals surface area contributed by atoms with E-state index in [2.05, 4.69) is 9.82 Å². The van der Waals surface area contributed by atoms with Crippen molar-refractivity contribution in [1.82, 2.24) is 9.78 Å². The highest BCUT2D eigenvalue weighted by Crippen LogP contribution is 2.35. The molecule has 0 saturated carbocycles. The molecular formula is C17H16F3N3O2S2. The fraction of sp³-hybridized carbons (Fsp3) is 0.235. The van der Waals surface area contributed by atoms with Crippen LogP contribution in [-0.2, 0) is 29.7 Å². The molecule has 1 N–H and O–H groups in total. The lowest BCUT2D eigenvalue weighted by Crippen LogP contribution is -2.11. The van der Waals surface area contributed by atoms with Gasteiger partial charge in [0.2, 0.25) is 0 Å². The minimum atomic E-state index is -4.53. The Hall–Kier alpha value is -2.33. The molecular weight excluding hydrogens is 399 g/mol. The van der Waals surface area contributed by atoms with Gasteiger partial charge in [-0.1, -0.05) is 19.1 Å². The second-order valence-electron chi connectivity index (χ2n) is 5.81. The molecule has 0 saturated heterocycles. The molecule has 0 atom stereocenters. The van der Waals surface area contributed by atoms with Gasteiger partial charge in [-0.05, 0) is 42.3 Å². The van der Waals surface area contributed by atoms with Crippen LogP contribution in [0.1, 0.15) is 18.2 Å². The fourth-order valence-corrected chi connectivity index (χ4v) is 4.83. The molecule has 0 aliphatic rings. The van der Waals surface area contributed by atoms with Crippen LogP contribution in [0.2, 0.25) is 0 Å². The highest BCUT2D eigenvalue weighted by molar-refractivity contribution is 7.94. The largest absolute Gasteiger partial charge is 0.433 e. The van der Waals surface area contributed by atoms with Crippen LogP contribution in [-0.4, -0.2) is 18.2 Å². The molecule has 0 aliphatic heterocycles. The molecule has 0 amide bonds. The summed E-state index contributed by atoms with van der Waals surface area (Å²) in [5.41, 5.74) is 0.589. The summed E-state index contributed by atoms with van der Waals surface area (Å²) in [4.78, 5) is 0.337. The Morgan fingerprint density at radius 2 is 1.93 bits per heavy atom. The SMILES string of the molecule is CCc1cccc(NS(=O)(=O)c2ccc(-c3cc(C(F)(F)F)n(C)n3)s2)c1. The second kappa shape index (κ2) is 7.01. The van der Waals surface area contributed by atoms with Gasteiger partial charge in [-0.3, -0.25) is 9.40 Å². The third kappa shape index (κ3) is 4.16. The van der Waals surface area contributed by atoms with Gasteiger partial charge in [-0.25, -0.2) is 8.42 Å². The van der Waals surface area contributed by atoms with Crippen LogP contribution in [0, 0.1) is 0 Å². The third-order valence-corrected chi connectivity index (χ3v) is 6.84. The highest BCUT2D eigenvalue weighted by atomic mass is 32.2. The second-order valence-corrected chi connectivity index (χ2v) is 8.81. The Morgan fingerprint density at radius 1 is 1.19 bits per heavy atom. The molecule has 0 unspecified atom stereocenters. The molecule has 0 radical (unpaired) electrons. The first kappa shape index (κ1) is 19.4. The summed E-state index contributed by atoms with van der Waals surface area (Å²) in [6.45, 7) is 1.96. The van der Waals surface area contributed by atoms with E-state index in [1.165, 1.54) is 19.2 Å². The fourth-order valence-electron chi connectivity index (χ4n) is 2.52. The first-order chi connectivity index (χ1) is 12.6. The maximum Gasteiger partial charge on any atom is 0.433 e. The highest BCUT2D eigenvalue weighted by Gasteiger charge is 2.35. The Bertz CT molecular complexity index is 1070. The molecule has 0 bridgehead atoms. The van der Waals surface area contributed by atoms with Crippen molar-refractivity contribution < 1.29 is 21.6 Å². The van der Waals surface area contributed by atoms with E-state index < -0.39 is 21.9 Å². The van der Waals surface area contributed by atoms with Gasteiger partial charge in [0.05, 0.1) is 4.88 Å². The molecule has 2 aromatic heterocycles. The Morgan fingerprint density at radius 3 is 2.56 bits per heavy atom. The van der Waals surface area contributed by atoms with E-state index in [4.69, 9.17) is 0 Å². The number of rotatable bonds is 5. The molecule has 0 aliphatic carbocycles. The van der Waals surface area contributed by atoms with Gasteiger partial charge in [0.25, 0.3) is 10.0 Å². The zero-order chi connectivity index (χ0) is 19.8. The lowest BCUT2D eigenvalue weighted by molar-refractivity contribution is -0.143. The number of aromatic nitrogens is 2. The first-order valence-electron chi connectivity index (χ1n) is 7.93. The van der Waals surface area contributed by atoms with Crippen molar-refractivity contribution in [1.29, 1.82) is 0 Å². The van der Waals surface area contributed by atoms with Crippen molar-refractivity contribution in [3.63, 3.8) is 0 Å².